The summed E-state index contributed by atoms with van der Waals surface area (Å²) in [5, 5.41) is 7.59. The molecule has 0 saturated heterocycles. The molecule has 1 aliphatic rings. The van der Waals surface area contributed by atoms with Crippen LogP contribution in [0.1, 0.15) is 25.7 Å². The standard InChI is InChI=1S/C12H16N4/c1-2-10(3-1)4-6-13-12-11-5-7-15-16(11)9-8-14-12/h5,7-10H,1-4,6H2,(H,13,14). The van der Waals surface area contributed by atoms with Crippen molar-refractivity contribution >= 4 is 11.3 Å². The fourth-order valence-corrected chi connectivity index (χ4v) is 2.17. The Balaban J connectivity index is 1.66. The van der Waals surface area contributed by atoms with Crippen molar-refractivity contribution in [1.82, 2.24) is 14.6 Å². The van der Waals surface area contributed by atoms with Gasteiger partial charge >= 0.3 is 0 Å². The number of anilines is 1. The number of fused-ring (bicyclic) bond motifs is 1. The van der Waals surface area contributed by atoms with Crippen LogP contribution >= 0.6 is 0 Å². The normalized spacial score (nSPS) is 16.2. The fourth-order valence-electron chi connectivity index (χ4n) is 2.17. The second-order valence-electron chi connectivity index (χ2n) is 4.45. The highest BCUT2D eigenvalue weighted by Gasteiger charge is 2.16. The van der Waals surface area contributed by atoms with Crippen LogP contribution in [0.3, 0.4) is 0 Å². The summed E-state index contributed by atoms with van der Waals surface area (Å²) in [6.07, 6.45) is 10.9. The molecule has 2 aromatic heterocycles. The molecule has 1 aliphatic carbocycles. The van der Waals surface area contributed by atoms with Gasteiger partial charge in [0.15, 0.2) is 5.82 Å². The Morgan fingerprint density at radius 1 is 1.38 bits per heavy atom. The second kappa shape index (κ2) is 4.12. The Kier molecular flexibility index (Phi) is 2.48. The van der Waals surface area contributed by atoms with Crippen molar-refractivity contribution in [3.05, 3.63) is 24.7 Å². The Morgan fingerprint density at radius 2 is 2.31 bits per heavy atom. The first-order chi connectivity index (χ1) is 7.93. The van der Waals surface area contributed by atoms with Crippen molar-refractivity contribution in [1.29, 1.82) is 0 Å². The Labute approximate surface area is 94.7 Å². The van der Waals surface area contributed by atoms with Crippen LogP contribution in [-0.2, 0) is 0 Å². The van der Waals surface area contributed by atoms with Gasteiger partial charge in [0.1, 0.15) is 5.52 Å². The first-order valence-electron chi connectivity index (χ1n) is 5.96. The molecule has 0 bridgehead atoms. The van der Waals surface area contributed by atoms with E-state index in [1.165, 1.54) is 25.7 Å². The molecule has 2 heterocycles. The highest BCUT2D eigenvalue weighted by molar-refractivity contribution is 5.66. The maximum atomic E-state index is 4.35. The summed E-state index contributed by atoms with van der Waals surface area (Å²) in [6.45, 7) is 1.02. The zero-order valence-electron chi connectivity index (χ0n) is 9.26. The van der Waals surface area contributed by atoms with Crippen LogP contribution in [0.25, 0.3) is 5.52 Å². The monoisotopic (exact) mass is 216 g/mol. The number of hydrogen-bond acceptors (Lipinski definition) is 3. The molecule has 16 heavy (non-hydrogen) atoms. The number of hydrogen-bond donors (Lipinski definition) is 1. The number of nitrogens with zero attached hydrogens (tertiary/aromatic N) is 3. The lowest BCUT2D eigenvalue weighted by Crippen LogP contribution is -2.16. The maximum Gasteiger partial charge on any atom is 0.152 e. The van der Waals surface area contributed by atoms with Crippen molar-refractivity contribution in [2.45, 2.75) is 25.7 Å². The quantitative estimate of drug-likeness (QED) is 0.853. The molecule has 0 aliphatic heterocycles. The zero-order valence-corrected chi connectivity index (χ0v) is 9.26. The predicted molar refractivity (Wildman–Crippen MR) is 63.4 cm³/mol. The van der Waals surface area contributed by atoms with Crippen molar-refractivity contribution in [3.8, 4) is 0 Å². The minimum absolute atomic E-state index is 0.942. The molecule has 0 radical (unpaired) electrons. The van der Waals surface area contributed by atoms with Gasteiger partial charge in [0.05, 0.1) is 6.20 Å². The van der Waals surface area contributed by atoms with E-state index < -0.39 is 0 Å². The van der Waals surface area contributed by atoms with Crippen LogP contribution in [0.4, 0.5) is 5.82 Å². The van der Waals surface area contributed by atoms with Gasteiger partial charge in [0.25, 0.3) is 0 Å². The van der Waals surface area contributed by atoms with Crippen molar-refractivity contribution < 1.29 is 0 Å². The highest BCUT2D eigenvalue weighted by atomic mass is 15.2. The molecular formula is C12H16N4. The lowest BCUT2D eigenvalue weighted by atomic mass is 9.83. The molecule has 3 rings (SSSR count). The van der Waals surface area contributed by atoms with Crippen LogP contribution < -0.4 is 5.32 Å². The van der Waals surface area contributed by atoms with E-state index in [0.717, 1.165) is 23.8 Å². The lowest BCUT2D eigenvalue weighted by molar-refractivity contribution is 0.303. The van der Waals surface area contributed by atoms with Crippen LogP contribution in [0.2, 0.25) is 0 Å². The fraction of sp³-hybridized carbons (Fsp3) is 0.500. The van der Waals surface area contributed by atoms with Crippen LogP contribution in [0.15, 0.2) is 24.7 Å². The van der Waals surface area contributed by atoms with Gasteiger partial charge in [0, 0.05) is 18.9 Å². The molecule has 0 aromatic carbocycles. The van der Waals surface area contributed by atoms with Gasteiger partial charge in [-0.3, -0.25) is 0 Å². The topological polar surface area (TPSA) is 42.2 Å². The summed E-state index contributed by atoms with van der Waals surface area (Å²) in [5.74, 6) is 1.89. The van der Waals surface area contributed by atoms with E-state index in [0.29, 0.717) is 0 Å². The predicted octanol–water partition coefficient (Wildman–Crippen LogP) is 2.33. The van der Waals surface area contributed by atoms with E-state index in [1.54, 1.807) is 12.4 Å². The smallest absolute Gasteiger partial charge is 0.152 e. The minimum atomic E-state index is 0.942. The summed E-state index contributed by atoms with van der Waals surface area (Å²) >= 11 is 0. The third-order valence-electron chi connectivity index (χ3n) is 3.39. The van der Waals surface area contributed by atoms with E-state index in [-0.39, 0.29) is 0 Å². The van der Waals surface area contributed by atoms with Crippen LogP contribution in [0.5, 0.6) is 0 Å². The lowest BCUT2D eigenvalue weighted by Gasteiger charge is -2.25. The maximum absolute atomic E-state index is 4.35. The van der Waals surface area contributed by atoms with Gasteiger partial charge in [-0.2, -0.15) is 5.10 Å². The third-order valence-corrected chi connectivity index (χ3v) is 3.39. The van der Waals surface area contributed by atoms with Crippen molar-refractivity contribution in [2.75, 3.05) is 11.9 Å². The minimum Gasteiger partial charge on any atom is -0.368 e. The van der Waals surface area contributed by atoms with E-state index in [9.17, 15) is 0 Å². The summed E-state index contributed by atoms with van der Waals surface area (Å²) in [5.41, 5.74) is 1.05. The van der Waals surface area contributed by atoms with Crippen molar-refractivity contribution in [2.24, 2.45) is 5.92 Å². The Hall–Kier alpha value is -1.58. The second-order valence-corrected chi connectivity index (χ2v) is 4.45. The Bertz CT molecular complexity index is 473. The average Bonchev–Trinajstić information content (AvgIpc) is 2.70. The zero-order chi connectivity index (χ0) is 10.8. The molecular weight excluding hydrogens is 200 g/mol. The molecule has 2 aromatic rings. The number of nitrogens with one attached hydrogen (secondary N) is 1. The largest absolute Gasteiger partial charge is 0.368 e. The molecule has 1 saturated carbocycles. The summed E-state index contributed by atoms with van der Waals surface area (Å²) in [7, 11) is 0. The van der Waals surface area contributed by atoms with Gasteiger partial charge in [-0.15, -0.1) is 0 Å². The van der Waals surface area contributed by atoms with Crippen LogP contribution in [0, 0.1) is 5.92 Å². The first kappa shape index (κ1) is 9.63. The molecule has 0 atom stereocenters. The molecule has 0 amide bonds. The molecule has 0 unspecified atom stereocenters. The van der Waals surface area contributed by atoms with E-state index in [4.69, 9.17) is 0 Å². The first-order valence-corrected chi connectivity index (χ1v) is 5.96. The van der Waals surface area contributed by atoms with E-state index >= 15 is 0 Å². The van der Waals surface area contributed by atoms with Gasteiger partial charge in [-0.25, -0.2) is 9.50 Å². The summed E-state index contributed by atoms with van der Waals surface area (Å²) in [4.78, 5) is 4.35. The average molecular weight is 216 g/mol. The molecule has 0 spiro atoms. The van der Waals surface area contributed by atoms with E-state index in [2.05, 4.69) is 15.4 Å². The SMILES string of the molecule is c1cn2nccc2c(NCCC2CCC2)n1. The molecule has 4 nitrogen and oxygen atoms in total. The third kappa shape index (κ3) is 1.75. The van der Waals surface area contributed by atoms with Crippen molar-refractivity contribution in [3.63, 3.8) is 0 Å². The van der Waals surface area contributed by atoms with Gasteiger partial charge in [0.2, 0.25) is 0 Å². The summed E-state index contributed by atoms with van der Waals surface area (Å²) < 4.78 is 1.85. The van der Waals surface area contributed by atoms with Gasteiger partial charge < -0.3 is 5.32 Å². The highest BCUT2D eigenvalue weighted by Crippen LogP contribution is 2.29. The molecule has 1 N–H and O–H groups in total. The molecule has 1 fully saturated rings. The summed E-state index contributed by atoms with van der Waals surface area (Å²) in [6, 6.07) is 1.98. The Morgan fingerprint density at radius 3 is 3.12 bits per heavy atom. The number of rotatable bonds is 4. The van der Waals surface area contributed by atoms with Gasteiger partial charge in [-0.1, -0.05) is 19.3 Å². The van der Waals surface area contributed by atoms with Crippen LogP contribution in [-0.4, -0.2) is 21.1 Å². The molecule has 4 heteroatoms. The van der Waals surface area contributed by atoms with Gasteiger partial charge in [-0.05, 0) is 18.4 Å². The molecule has 84 valence electrons. The van der Waals surface area contributed by atoms with E-state index in [1.807, 2.05) is 16.8 Å². The number of aromatic nitrogens is 3.